The number of hydrogen-bond acceptors (Lipinski definition) is 5. The first-order chi connectivity index (χ1) is 11.8. The Morgan fingerprint density at radius 1 is 1.52 bits per heavy atom. The molecule has 2 amide bonds. The quantitative estimate of drug-likeness (QED) is 0.556. The van der Waals surface area contributed by atoms with E-state index in [9.17, 15) is 27.7 Å². The summed E-state index contributed by atoms with van der Waals surface area (Å²) in [5, 5.41) is 12.2. The summed E-state index contributed by atoms with van der Waals surface area (Å²) in [4.78, 5) is 36.8. The van der Waals surface area contributed by atoms with Crippen LogP contribution in [0.3, 0.4) is 0 Å². The molecule has 3 heterocycles. The third-order valence-electron chi connectivity index (χ3n) is 3.85. The van der Waals surface area contributed by atoms with Crippen LogP contribution in [0.5, 0.6) is 0 Å². The van der Waals surface area contributed by atoms with Crippen LogP contribution >= 0.6 is 11.3 Å². The zero-order valence-electron chi connectivity index (χ0n) is 12.5. The number of thiophene rings is 1. The van der Waals surface area contributed by atoms with Gasteiger partial charge in [0.1, 0.15) is 11.4 Å². The van der Waals surface area contributed by atoms with Crippen LogP contribution in [0.4, 0.5) is 8.78 Å². The average molecular weight is 390 g/mol. The molecule has 11 heteroatoms. The monoisotopic (exact) mass is 390 g/mol. The Morgan fingerprint density at radius 2 is 2.24 bits per heavy atom. The summed E-state index contributed by atoms with van der Waals surface area (Å²) in [6.45, 7) is 0. The van der Waals surface area contributed by atoms with E-state index >= 15 is 0 Å². The van der Waals surface area contributed by atoms with Crippen molar-refractivity contribution in [2.24, 2.45) is 0 Å². The van der Waals surface area contributed by atoms with Crippen molar-refractivity contribution in [3.8, 4) is 0 Å². The normalized spacial score (nSPS) is 25.7. The highest BCUT2D eigenvalue weighted by Gasteiger charge is 2.61. The molecule has 7 nitrogen and oxygen atoms in total. The maximum Gasteiger partial charge on any atom is 0.353 e. The Labute approximate surface area is 147 Å². The first-order valence-corrected chi connectivity index (χ1v) is 9.34. The van der Waals surface area contributed by atoms with E-state index in [2.05, 4.69) is 5.32 Å². The fraction of sp³-hybridized carbons (Fsp3) is 0.357. The van der Waals surface area contributed by atoms with E-state index in [0.717, 1.165) is 4.88 Å². The van der Waals surface area contributed by atoms with E-state index in [1.165, 1.54) is 11.3 Å². The third kappa shape index (κ3) is 3.14. The number of carbonyl (C=O) groups is 3. The van der Waals surface area contributed by atoms with E-state index in [1.807, 2.05) is 0 Å². The Bertz CT molecular complexity index is 752. The summed E-state index contributed by atoms with van der Waals surface area (Å²) in [5.74, 6) is -3.68. The summed E-state index contributed by atoms with van der Waals surface area (Å²) in [7, 11) is 0. The molecule has 1 aromatic rings. The zero-order chi connectivity index (χ0) is 18.3. The Morgan fingerprint density at radius 3 is 2.80 bits per heavy atom. The van der Waals surface area contributed by atoms with Gasteiger partial charge in [-0.3, -0.25) is 14.5 Å². The van der Waals surface area contributed by atoms with Gasteiger partial charge in [-0.15, -0.1) is 11.3 Å². The second-order valence-electron chi connectivity index (χ2n) is 5.40. The lowest BCUT2D eigenvalue weighted by Gasteiger charge is -2.48. The van der Waals surface area contributed by atoms with E-state index < -0.39 is 63.8 Å². The number of rotatable bonds is 5. The predicted molar refractivity (Wildman–Crippen MR) is 84.3 cm³/mol. The summed E-state index contributed by atoms with van der Waals surface area (Å²) in [6.07, 6.45) is -3.11. The summed E-state index contributed by atoms with van der Waals surface area (Å²) in [5.41, 5.74) is -1.67. The van der Waals surface area contributed by atoms with Crippen molar-refractivity contribution < 1.29 is 32.8 Å². The van der Waals surface area contributed by atoms with Crippen LogP contribution in [0, 0.1) is 0 Å². The van der Waals surface area contributed by atoms with E-state index in [1.54, 1.807) is 17.5 Å². The number of carboxylic acid groups (broad SMARTS) is 1. The van der Waals surface area contributed by atoms with Crippen molar-refractivity contribution in [3.05, 3.63) is 33.7 Å². The molecule has 2 N–H and O–H groups in total. The number of hydrogen-bond donors (Lipinski definition) is 2. The van der Waals surface area contributed by atoms with Gasteiger partial charge in [0.15, 0.2) is 6.04 Å². The number of aliphatic carboxylic acids is 1. The number of fused-ring (bicyclic) bond motifs is 1. The SMILES string of the molecule is O=C(Cc1cccs1)NC1C(=O)N2C(C(=O)O)=C(C(F)F)C[S+]([O-])[C@@H]12. The lowest BCUT2D eigenvalue weighted by Crippen LogP contribution is -2.75. The van der Waals surface area contributed by atoms with Gasteiger partial charge in [-0.2, -0.15) is 0 Å². The van der Waals surface area contributed by atoms with Crippen molar-refractivity contribution in [3.63, 3.8) is 0 Å². The first-order valence-electron chi connectivity index (χ1n) is 7.07. The molecule has 3 rings (SSSR count). The molecule has 1 saturated heterocycles. The summed E-state index contributed by atoms with van der Waals surface area (Å²) in [6, 6.07) is 2.31. The van der Waals surface area contributed by atoms with Crippen LogP contribution in [-0.2, 0) is 32.0 Å². The molecule has 1 aromatic heterocycles. The predicted octanol–water partition coefficient (Wildman–Crippen LogP) is 0.310. The molecule has 0 aromatic carbocycles. The highest BCUT2D eigenvalue weighted by Crippen LogP contribution is 2.38. The summed E-state index contributed by atoms with van der Waals surface area (Å²) < 4.78 is 38.2. The highest BCUT2D eigenvalue weighted by atomic mass is 32.2. The highest BCUT2D eigenvalue weighted by molar-refractivity contribution is 7.92. The Hall–Kier alpha value is -1.98. The van der Waals surface area contributed by atoms with Crippen molar-refractivity contribution in [1.29, 1.82) is 0 Å². The average Bonchev–Trinajstić information content (AvgIpc) is 3.04. The molecule has 2 unspecified atom stereocenters. The lowest BCUT2D eigenvalue weighted by molar-refractivity contribution is -0.151. The van der Waals surface area contributed by atoms with Crippen LogP contribution in [0.25, 0.3) is 0 Å². The van der Waals surface area contributed by atoms with Crippen LogP contribution in [0.15, 0.2) is 28.8 Å². The molecule has 3 atom stereocenters. The largest absolute Gasteiger partial charge is 0.614 e. The van der Waals surface area contributed by atoms with Gasteiger partial charge in [0.05, 0.1) is 12.0 Å². The number of carbonyl (C=O) groups excluding carboxylic acids is 2. The number of halogens is 2. The minimum Gasteiger partial charge on any atom is -0.614 e. The number of nitrogens with one attached hydrogen (secondary N) is 1. The van der Waals surface area contributed by atoms with Gasteiger partial charge in [0.2, 0.25) is 11.3 Å². The van der Waals surface area contributed by atoms with E-state index in [4.69, 9.17) is 5.11 Å². The van der Waals surface area contributed by atoms with Gasteiger partial charge < -0.3 is 15.0 Å². The van der Waals surface area contributed by atoms with Crippen LogP contribution < -0.4 is 5.32 Å². The second kappa shape index (κ2) is 6.73. The molecule has 0 bridgehead atoms. The Balaban J connectivity index is 1.78. The zero-order valence-corrected chi connectivity index (χ0v) is 14.1. The fourth-order valence-electron chi connectivity index (χ4n) is 2.77. The molecule has 2 aliphatic rings. The van der Waals surface area contributed by atoms with Crippen LogP contribution in [0.1, 0.15) is 4.88 Å². The second-order valence-corrected chi connectivity index (χ2v) is 7.97. The Kier molecular flexibility index (Phi) is 4.80. The smallest absolute Gasteiger partial charge is 0.353 e. The molecule has 0 saturated carbocycles. The first kappa shape index (κ1) is 17.8. The molecule has 1 fully saturated rings. The van der Waals surface area contributed by atoms with Gasteiger partial charge in [-0.25, -0.2) is 13.6 Å². The molecule has 134 valence electrons. The maximum atomic E-state index is 13.0. The van der Waals surface area contributed by atoms with Gasteiger partial charge in [-0.05, 0) is 22.6 Å². The number of β-lactam (4-membered cyclic amide) rings is 1. The lowest BCUT2D eigenvalue weighted by atomic mass is 10.0. The van der Waals surface area contributed by atoms with Crippen molar-refractivity contribution in [2.45, 2.75) is 24.3 Å². The fourth-order valence-corrected chi connectivity index (χ4v) is 5.14. The maximum absolute atomic E-state index is 13.0. The van der Waals surface area contributed by atoms with E-state index in [0.29, 0.717) is 4.90 Å². The van der Waals surface area contributed by atoms with Crippen molar-refractivity contribution >= 4 is 40.3 Å². The molecule has 0 spiro atoms. The standard InChI is InChI=1S/C14H12F2N2O5S2/c15-11(16)7-5-25(23)13-9(12(20)18(13)10(7)14(21)22)17-8(19)4-6-2-1-3-24-6/h1-3,9,11,13H,4-5H2,(H,17,19)(H,21,22)/t9?,13-,25?/m0/s1. The third-order valence-corrected chi connectivity index (χ3v) is 6.35. The molecule has 25 heavy (non-hydrogen) atoms. The number of amides is 2. The van der Waals surface area contributed by atoms with Gasteiger partial charge in [-0.1, -0.05) is 6.07 Å². The summed E-state index contributed by atoms with van der Waals surface area (Å²) >= 11 is -0.579. The molecule has 0 aliphatic carbocycles. The van der Waals surface area contributed by atoms with Gasteiger partial charge >= 0.3 is 5.97 Å². The number of carboxylic acids is 1. The number of nitrogens with zero attached hydrogens (tertiary/aromatic N) is 1. The van der Waals surface area contributed by atoms with Gasteiger partial charge in [0, 0.05) is 4.88 Å². The van der Waals surface area contributed by atoms with Crippen molar-refractivity contribution in [1.82, 2.24) is 10.2 Å². The molecule has 2 aliphatic heterocycles. The van der Waals surface area contributed by atoms with E-state index in [-0.39, 0.29) is 6.42 Å². The number of alkyl halides is 2. The minimum atomic E-state index is -3.13. The van der Waals surface area contributed by atoms with Crippen LogP contribution in [0.2, 0.25) is 0 Å². The minimum absolute atomic E-state index is 0.0186. The van der Waals surface area contributed by atoms with Gasteiger partial charge in [0.25, 0.3) is 12.3 Å². The molecular weight excluding hydrogens is 378 g/mol. The molecule has 0 radical (unpaired) electrons. The molecular formula is C14H12F2N2O5S2. The van der Waals surface area contributed by atoms with Crippen molar-refractivity contribution in [2.75, 3.05) is 5.75 Å². The van der Waals surface area contributed by atoms with Crippen LogP contribution in [-0.4, -0.2) is 55.9 Å². The topological polar surface area (TPSA) is 110 Å².